The van der Waals surface area contributed by atoms with Gasteiger partial charge in [-0.1, -0.05) is 72.8 Å². The Hall–Kier alpha value is -5.04. The second kappa shape index (κ2) is 8.39. The van der Waals surface area contributed by atoms with Gasteiger partial charge in [0.2, 0.25) is 5.95 Å². The molecule has 35 heavy (non-hydrogen) atoms. The van der Waals surface area contributed by atoms with Gasteiger partial charge in [0.1, 0.15) is 0 Å². The van der Waals surface area contributed by atoms with Crippen LogP contribution < -0.4 is 16.5 Å². The fourth-order valence-electron chi connectivity index (χ4n) is 4.14. The second-order valence-electron chi connectivity index (χ2n) is 8.00. The lowest BCUT2D eigenvalue weighted by Gasteiger charge is -2.18. The van der Waals surface area contributed by atoms with E-state index in [0.717, 1.165) is 5.56 Å². The summed E-state index contributed by atoms with van der Waals surface area (Å²) >= 11 is 0. The molecule has 0 atom stereocenters. The number of rotatable bonds is 4. The highest BCUT2D eigenvalue weighted by Gasteiger charge is 2.17. The molecule has 0 saturated heterocycles. The molecular weight excluding hydrogens is 438 g/mol. The summed E-state index contributed by atoms with van der Waals surface area (Å²) in [5.41, 5.74) is 5.07. The Morgan fingerprint density at radius 2 is 1.11 bits per heavy atom. The van der Waals surface area contributed by atoms with E-state index in [1.165, 1.54) is 9.24 Å². The van der Waals surface area contributed by atoms with Crippen molar-refractivity contribution in [1.82, 2.24) is 19.2 Å². The molecule has 4 aromatic carbocycles. The minimum Gasteiger partial charge on any atom is -0.268 e. The van der Waals surface area contributed by atoms with Crippen LogP contribution in [-0.2, 0) is 0 Å². The van der Waals surface area contributed by atoms with Gasteiger partial charge in [-0.2, -0.15) is 4.68 Å². The Balaban J connectivity index is 1.66. The summed E-state index contributed by atoms with van der Waals surface area (Å²) in [5, 5.41) is 0.934. The molecule has 168 valence electrons. The molecule has 7 nitrogen and oxygen atoms in total. The standard InChI is InChI=1S/C28H19N5O2/c34-26-21-15-7-10-18-24(21)30-28(32(26)20-13-5-2-6-14-20)31-33-25(19-11-3-1-4-12-19)29-23-17-9-8-16-22(23)27(33)35/h1-18H,(H,30,31). The number of nitrogens with one attached hydrogen (secondary N) is 1. The zero-order valence-electron chi connectivity index (χ0n) is 18.5. The summed E-state index contributed by atoms with van der Waals surface area (Å²) in [5.74, 6) is 0.618. The summed E-state index contributed by atoms with van der Waals surface area (Å²) in [6, 6.07) is 33.0. The monoisotopic (exact) mass is 457 g/mol. The van der Waals surface area contributed by atoms with E-state index < -0.39 is 0 Å². The SMILES string of the molecule is O=c1c2ccccc2nc(-c2ccccc2)n1Nc1nc2ccccc2c(=O)n1-c1ccccc1. The van der Waals surface area contributed by atoms with Gasteiger partial charge in [0.25, 0.3) is 11.1 Å². The highest BCUT2D eigenvalue weighted by molar-refractivity contribution is 5.81. The summed E-state index contributed by atoms with van der Waals surface area (Å²) in [7, 11) is 0. The first-order chi connectivity index (χ1) is 17.2. The van der Waals surface area contributed by atoms with E-state index in [0.29, 0.717) is 33.3 Å². The first-order valence-corrected chi connectivity index (χ1v) is 11.1. The number of hydrogen-bond donors (Lipinski definition) is 1. The molecule has 6 rings (SSSR count). The molecule has 0 aliphatic heterocycles. The summed E-state index contributed by atoms with van der Waals surface area (Å²) in [6.45, 7) is 0. The molecular formula is C28H19N5O2. The van der Waals surface area contributed by atoms with E-state index in [-0.39, 0.29) is 17.1 Å². The highest BCUT2D eigenvalue weighted by Crippen LogP contribution is 2.21. The van der Waals surface area contributed by atoms with Crippen molar-refractivity contribution < 1.29 is 0 Å². The van der Waals surface area contributed by atoms with Gasteiger partial charge in [0, 0.05) is 5.56 Å². The number of aromatic nitrogens is 4. The Kier molecular flexibility index (Phi) is 4.93. The summed E-state index contributed by atoms with van der Waals surface area (Å²) in [6.07, 6.45) is 0. The summed E-state index contributed by atoms with van der Waals surface area (Å²) < 4.78 is 2.83. The molecule has 0 aliphatic carbocycles. The van der Waals surface area contributed by atoms with Crippen LogP contribution >= 0.6 is 0 Å². The minimum atomic E-state index is -0.295. The fraction of sp³-hybridized carbons (Fsp3) is 0. The van der Waals surface area contributed by atoms with Crippen LogP contribution in [0.1, 0.15) is 0 Å². The van der Waals surface area contributed by atoms with Crippen molar-refractivity contribution in [2.24, 2.45) is 0 Å². The molecule has 0 fully saturated rings. The van der Waals surface area contributed by atoms with E-state index in [4.69, 9.17) is 9.97 Å². The molecule has 0 saturated carbocycles. The number of nitrogens with zero attached hydrogens (tertiary/aromatic N) is 4. The van der Waals surface area contributed by atoms with Crippen LogP contribution in [0, 0.1) is 0 Å². The van der Waals surface area contributed by atoms with Crippen LogP contribution in [0.5, 0.6) is 0 Å². The smallest absolute Gasteiger partial charge is 0.268 e. The average Bonchev–Trinajstić information content (AvgIpc) is 2.91. The largest absolute Gasteiger partial charge is 0.280 e. The normalized spacial score (nSPS) is 11.1. The molecule has 0 spiro atoms. The maximum absolute atomic E-state index is 13.7. The van der Waals surface area contributed by atoms with Crippen molar-refractivity contribution in [3.63, 3.8) is 0 Å². The molecule has 0 bridgehead atoms. The lowest BCUT2D eigenvalue weighted by atomic mass is 10.2. The van der Waals surface area contributed by atoms with E-state index in [2.05, 4.69) is 5.43 Å². The average molecular weight is 457 g/mol. The molecule has 2 heterocycles. The first-order valence-electron chi connectivity index (χ1n) is 11.1. The van der Waals surface area contributed by atoms with Crippen LogP contribution in [0.2, 0.25) is 0 Å². The molecule has 0 radical (unpaired) electrons. The number of benzene rings is 4. The lowest BCUT2D eigenvalue weighted by Crippen LogP contribution is -2.33. The molecule has 0 unspecified atom stereocenters. The number of anilines is 1. The second-order valence-corrected chi connectivity index (χ2v) is 8.00. The fourth-order valence-corrected chi connectivity index (χ4v) is 4.14. The van der Waals surface area contributed by atoms with Crippen molar-refractivity contribution in [3.8, 4) is 17.1 Å². The van der Waals surface area contributed by atoms with Gasteiger partial charge in [-0.3, -0.25) is 15.0 Å². The molecule has 1 N–H and O–H groups in total. The van der Waals surface area contributed by atoms with E-state index >= 15 is 0 Å². The van der Waals surface area contributed by atoms with Crippen LogP contribution in [0.3, 0.4) is 0 Å². The molecule has 0 amide bonds. The van der Waals surface area contributed by atoms with Crippen molar-refractivity contribution >= 4 is 27.8 Å². The predicted molar refractivity (Wildman–Crippen MR) is 138 cm³/mol. The Labute approximate surface area is 199 Å². The third kappa shape index (κ3) is 3.55. The number of para-hydroxylation sites is 3. The van der Waals surface area contributed by atoms with Gasteiger partial charge >= 0.3 is 0 Å². The molecule has 7 heteroatoms. The van der Waals surface area contributed by atoms with Crippen molar-refractivity contribution in [1.29, 1.82) is 0 Å². The van der Waals surface area contributed by atoms with Crippen molar-refractivity contribution in [2.75, 3.05) is 5.43 Å². The van der Waals surface area contributed by atoms with Crippen LogP contribution in [0.15, 0.2) is 119 Å². The van der Waals surface area contributed by atoms with E-state index in [1.54, 1.807) is 30.3 Å². The Morgan fingerprint density at radius 1 is 0.571 bits per heavy atom. The Morgan fingerprint density at radius 3 is 1.80 bits per heavy atom. The van der Waals surface area contributed by atoms with Gasteiger partial charge in [-0.25, -0.2) is 14.5 Å². The molecule has 2 aromatic heterocycles. The molecule has 6 aromatic rings. The van der Waals surface area contributed by atoms with Crippen LogP contribution in [0.25, 0.3) is 38.9 Å². The number of hydrogen-bond acceptors (Lipinski definition) is 5. The highest BCUT2D eigenvalue weighted by atomic mass is 16.1. The maximum atomic E-state index is 13.7. The van der Waals surface area contributed by atoms with Gasteiger partial charge in [0.15, 0.2) is 5.82 Å². The van der Waals surface area contributed by atoms with Crippen molar-refractivity contribution in [3.05, 3.63) is 130 Å². The van der Waals surface area contributed by atoms with E-state index in [1.807, 2.05) is 78.9 Å². The number of fused-ring (bicyclic) bond motifs is 2. The van der Waals surface area contributed by atoms with Gasteiger partial charge in [0.05, 0.1) is 27.5 Å². The maximum Gasteiger partial charge on any atom is 0.280 e. The van der Waals surface area contributed by atoms with Crippen LogP contribution in [-0.4, -0.2) is 19.2 Å². The molecule has 0 aliphatic rings. The zero-order valence-corrected chi connectivity index (χ0v) is 18.5. The Bertz CT molecular complexity index is 1810. The van der Waals surface area contributed by atoms with Gasteiger partial charge < -0.3 is 0 Å². The first kappa shape index (κ1) is 20.6. The lowest BCUT2D eigenvalue weighted by molar-refractivity contribution is 0.837. The zero-order chi connectivity index (χ0) is 23.8. The summed E-state index contributed by atoms with van der Waals surface area (Å²) in [4.78, 5) is 36.7. The third-order valence-corrected chi connectivity index (χ3v) is 5.81. The van der Waals surface area contributed by atoms with Gasteiger partial charge in [-0.15, -0.1) is 0 Å². The minimum absolute atomic E-state index is 0.205. The predicted octanol–water partition coefficient (Wildman–Crippen LogP) is 4.64. The quantitative estimate of drug-likeness (QED) is 0.417. The van der Waals surface area contributed by atoms with Crippen LogP contribution in [0.4, 0.5) is 5.95 Å². The third-order valence-electron chi connectivity index (χ3n) is 5.81. The van der Waals surface area contributed by atoms with Gasteiger partial charge in [-0.05, 0) is 36.4 Å². The van der Waals surface area contributed by atoms with E-state index in [9.17, 15) is 9.59 Å². The van der Waals surface area contributed by atoms with Crippen molar-refractivity contribution in [2.45, 2.75) is 0 Å². The topological polar surface area (TPSA) is 81.8 Å².